The number of halogens is 1. The molecule has 0 amide bonds. The topological polar surface area (TPSA) is 101 Å². The highest BCUT2D eigenvalue weighted by Gasteiger charge is 2.24. The first-order chi connectivity index (χ1) is 16.5. The Balaban J connectivity index is 1.67. The Bertz CT molecular complexity index is 1220. The fourth-order valence-electron chi connectivity index (χ4n) is 3.35. The smallest absolute Gasteiger partial charge is 0.239 e. The van der Waals surface area contributed by atoms with E-state index in [-0.39, 0.29) is 6.10 Å². The zero-order chi connectivity index (χ0) is 24.1. The number of pyridine rings is 1. The van der Waals surface area contributed by atoms with Crippen LogP contribution >= 0.6 is 23.5 Å². The minimum absolute atomic E-state index is 0.248. The number of hydrogen-bond acceptors (Lipinski definition) is 9. The molecule has 4 aromatic rings. The lowest BCUT2D eigenvalue weighted by Crippen LogP contribution is -2.10. The molecule has 0 saturated heterocycles. The van der Waals surface area contributed by atoms with Crippen LogP contribution in [0.15, 0.2) is 48.8 Å². The minimum Gasteiger partial charge on any atom is -0.494 e. The largest absolute Gasteiger partial charge is 0.494 e. The summed E-state index contributed by atoms with van der Waals surface area (Å²) in [5.41, 5.74) is 2.09. The fraction of sp³-hybridized carbons (Fsp3) is 0.273. The van der Waals surface area contributed by atoms with E-state index in [1.807, 2.05) is 48.1 Å². The van der Waals surface area contributed by atoms with Gasteiger partial charge < -0.3 is 14.2 Å². The predicted molar refractivity (Wildman–Crippen MR) is 132 cm³/mol. The number of para-hydroxylation sites is 1. The number of aryl methyl sites for hydroxylation is 1. The molecule has 4 rings (SSSR count). The van der Waals surface area contributed by atoms with Crippen molar-refractivity contribution in [3.05, 3.63) is 59.5 Å². The maximum atomic E-state index is 5.96. The van der Waals surface area contributed by atoms with Crippen LogP contribution in [0.1, 0.15) is 11.8 Å². The molecule has 0 aliphatic rings. The van der Waals surface area contributed by atoms with Crippen LogP contribution in [0.25, 0.3) is 17.2 Å². The van der Waals surface area contributed by atoms with Gasteiger partial charge in [0.15, 0.2) is 5.82 Å². The van der Waals surface area contributed by atoms with Gasteiger partial charge in [-0.1, -0.05) is 17.7 Å². The number of rotatable bonds is 10. The second kappa shape index (κ2) is 10.8. The molecule has 0 aliphatic heterocycles. The van der Waals surface area contributed by atoms with E-state index in [0.717, 1.165) is 5.69 Å². The Kier molecular flexibility index (Phi) is 7.56. The van der Waals surface area contributed by atoms with Crippen molar-refractivity contribution in [1.29, 1.82) is 0 Å². The zero-order valence-corrected chi connectivity index (χ0v) is 20.7. The van der Waals surface area contributed by atoms with E-state index in [9.17, 15) is 0 Å². The molecule has 3 aromatic heterocycles. The molecule has 0 radical (unpaired) electrons. The average molecular weight is 502 g/mol. The van der Waals surface area contributed by atoms with Crippen LogP contribution in [-0.2, 0) is 11.8 Å². The van der Waals surface area contributed by atoms with Crippen molar-refractivity contribution < 1.29 is 14.2 Å². The third-order valence-electron chi connectivity index (χ3n) is 4.99. The number of nitrogens with zero attached hydrogens (tertiary/aromatic N) is 6. The Hall–Kier alpha value is -3.28. The molecule has 10 nitrogen and oxygen atoms in total. The van der Waals surface area contributed by atoms with Crippen molar-refractivity contribution >= 4 is 29.5 Å². The SMILES string of the molecule is COc1cccc(OC)c1-n1c(NSCC(OC)c2ccc(Cl)cn2)nnc1-c1ccn(C)n1. The lowest BCUT2D eigenvalue weighted by molar-refractivity contribution is 0.120. The van der Waals surface area contributed by atoms with Gasteiger partial charge in [0, 0.05) is 32.3 Å². The summed E-state index contributed by atoms with van der Waals surface area (Å²) < 4.78 is 23.7. The summed E-state index contributed by atoms with van der Waals surface area (Å²) in [6.45, 7) is 0. The van der Waals surface area contributed by atoms with Gasteiger partial charge in [-0.05, 0) is 42.3 Å². The number of benzene rings is 1. The van der Waals surface area contributed by atoms with Crippen molar-refractivity contribution in [2.45, 2.75) is 6.10 Å². The minimum atomic E-state index is -0.248. The van der Waals surface area contributed by atoms with E-state index in [4.69, 9.17) is 25.8 Å². The van der Waals surface area contributed by atoms with E-state index in [1.54, 1.807) is 38.3 Å². The van der Waals surface area contributed by atoms with Gasteiger partial charge in [-0.15, -0.1) is 10.2 Å². The van der Waals surface area contributed by atoms with Gasteiger partial charge in [0.25, 0.3) is 0 Å². The summed E-state index contributed by atoms with van der Waals surface area (Å²) in [5, 5.41) is 13.9. The highest BCUT2D eigenvalue weighted by Crippen LogP contribution is 2.37. The van der Waals surface area contributed by atoms with E-state index < -0.39 is 0 Å². The summed E-state index contributed by atoms with van der Waals surface area (Å²) in [6, 6.07) is 11.1. The molecule has 1 atom stereocenters. The molecule has 178 valence electrons. The van der Waals surface area contributed by atoms with Crippen molar-refractivity contribution in [1.82, 2.24) is 29.5 Å². The van der Waals surface area contributed by atoms with Crippen molar-refractivity contribution in [2.75, 3.05) is 31.8 Å². The van der Waals surface area contributed by atoms with Gasteiger partial charge in [-0.2, -0.15) is 5.10 Å². The average Bonchev–Trinajstić information content (AvgIpc) is 3.47. The van der Waals surface area contributed by atoms with Crippen molar-refractivity contribution in [2.24, 2.45) is 7.05 Å². The first-order valence-electron chi connectivity index (χ1n) is 10.2. The molecular formula is C22H24ClN7O3S. The summed E-state index contributed by atoms with van der Waals surface area (Å²) in [7, 11) is 6.70. The van der Waals surface area contributed by atoms with E-state index in [0.29, 0.717) is 45.4 Å². The molecule has 3 heterocycles. The lowest BCUT2D eigenvalue weighted by atomic mass is 10.2. The third-order valence-corrected chi connectivity index (χ3v) is 6.01. The van der Waals surface area contributed by atoms with E-state index in [1.165, 1.54) is 11.9 Å². The molecule has 1 N–H and O–H groups in total. The Labute approximate surface area is 206 Å². The molecule has 1 unspecified atom stereocenters. The van der Waals surface area contributed by atoms with Crippen LogP contribution in [0.5, 0.6) is 11.5 Å². The molecule has 0 spiro atoms. The molecular weight excluding hydrogens is 478 g/mol. The van der Waals surface area contributed by atoms with Crippen LogP contribution in [-0.4, -0.2) is 56.6 Å². The Morgan fingerprint density at radius 1 is 1.06 bits per heavy atom. The van der Waals surface area contributed by atoms with Gasteiger partial charge in [-0.25, -0.2) is 0 Å². The first kappa shape index (κ1) is 23.9. The summed E-state index contributed by atoms with van der Waals surface area (Å²) in [5.74, 6) is 2.77. The second-order valence-electron chi connectivity index (χ2n) is 7.11. The molecule has 0 fully saturated rings. The predicted octanol–water partition coefficient (Wildman–Crippen LogP) is 4.18. The first-order valence-corrected chi connectivity index (χ1v) is 11.6. The second-order valence-corrected chi connectivity index (χ2v) is 8.37. The van der Waals surface area contributed by atoms with Gasteiger partial charge in [0.05, 0.1) is 24.9 Å². The monoisotopic (exact) mass is 501 g/mol. The van der Waals surface area contributed by atoms with Crippen molar-refractivity contribution in [3.8, 4) is 28.7 Å². The maximum absolute atomic E-state index is 5.96. The van der Waals surface area contributed by atoms with Gasteiger partial charge in [-0.3, -0.25) is 19.0 Å². The Morgan fingerprint density at radius 3 is 2.41 bits per heavy atom. The summed E-state index contributed by atoms with van der Waals surface area (Å²) in [6.07, 6.45) is 3.20. The zero-order valence-electron chi connectivity index (χ0n) is 19.1. The standard InChI is InChI=1S/C22H24ClN7O3S/c1-29-11-10-16(27-29)21-25-26-22(30(21)20-17(31-2)6-5-7-18(20)32-3)28-34-13-19(33-4)15-9-8-14(23)12-24-15/h5-12,19H,13H2,1-4H3,(H,26,28). The molecule has 1 aromatic carbocycles. The van der Waals surface area contributed by atoms with E-state index >= 15 is 0 Å². The molecule has 34 heavy (non-hydrogen) atoms. The van der Waals surface area contributed by atoms with E-state index in [2.05, 4.69) is 25.0 Å². The number of anilines is 1. The molecule has 0 saturated carbocycles. The fourth-order valence-corrected chi connectivity index (χ4v) is 4.26. The van der Waals surface area contributed by atoms with Gasteiger partial charge >= 0.3 is 0 Å². The van der Waals surface area contributed by atoms with Crippen LogP contribution in [0.4, 0.5) is 5.95 Å². The molecule has 0 aliphatic carbocycles. The highest BCUT2D eigenvalue weighted by molar-refractivity contribution is 8.00. The maximum Gasteiger partial charge on any atom is 0.239 e. The molecule has 12 heteroatoms. The Morgan fingerprint density at radius 2 is 1.82 bits per heavy atom. The van der Waals surface area contributed by atoms with Gasteiger partial charge in [0.1, 0.15) is 29.0 Å². The van der Waals surface area contributed by atoms with Crippen LogP contribution in [0, 0.1) is 0 Å². The van der Waals surface area contributed by atoms with Crippen LogP contribution in [0.2, 0.25) is 5.02 Å². The third kappa shape index (κ3) is 4.96. The quantitative estimate of drug-likeness (QED) is 0.320. The molecule has 0 bridgehead atoms. The number of hydrogen-bond donors (Lipinski definition) is 1. The van der Waals surface area contributed by atoms with Crippen molar-refractivity contribution in [3.63, 3.8) is 0 Å². The van der Waals surface area contributed by atoms with Crippen LogP contribution < -0.4 is 14.2 Å². The normalized spacial score (nSPS) is 11.9. The number of ether oxygens (including phenoxy) is 3. The van der Waals surface area contributed by atoms with Gasteiger partial charge in [0.2, 0.25) is 5.95 Å². The summed E-state index contributed by atoms with van der Waals surface area (Å²) >= 11 is 7.37. The lowest BCUT2D eigenvalue weighted by Gasteiger charge is -2.18. The highest BCUT2D eigenvalue weighted by atomic mass is 35.5. The summed E-state index contributed by atoms with van der Waals surface area (Å²) in [4.78, 5) is 4.36. The number of methoxy groups -OCH3 is 3. The number of aromatic nitrogens is 6. The van der Waals surface area contributed by atoms with Crippen LogP contribution in [0.3, 0.4) is 0 Å². The number of nitrogens with one attached hydrogen (secondary N) is 1.